The first-order chi connectivity index (χ1) is 20.4. The Morgan fingerprint density at radius 1 is 0.767 bits per heavy atom. The fraction of sp³-hybridized carbons (Fsp3) is 0.278. The minimum absolute atomic E-state index is 0. The molecule has 0 amide bonds. The maximum absolute atomic E-state index is 13.5. The van der Waals surface area contributed by atoms with Gasteiger partial charge in [0.2, 0.25) is 5.60 Å². The summed E-state index contributed by atoms with van der Waals surface area (Å²) in [5, 5.41) is 11.7. The molecule has 0 bridgehead atoms. The molecule has 0 saturated carbocycles. The number of hydrogen-bond acceptors (Lipinski definition) is 5. The van der Waals surface area contributed by atoms with Crippen molar-refractivity contribution in [2.45, 2.75) is 37.6 Å². The maximum Gasteiger partial charge on any atom is 0.347 e. The molecule has 0 spiro atoms. The number of quaternary nitrogens is 1. The number of ether oxygens (including phenoxy) is 2. The maximum atomic E-state index is 13.5. The third-order valence-electron chi connectivity index (χ3n) is 8.28. The molecule has 1 saturated heterocycles. The highest BCUT2D eigenvalue weighted by molar-refractivity contribution is 5.89. The highest BCUT2D eigenvalue weighted by Gasteiger charge is 2.43. The van der Waals surface area contributed by atoms with E-state index in [1.165, 1.54) is 5.56 Å². The van der Waals surface area contributed by atoms with E-state index in [1.54, 1.807) is 24.3 Å². The van der Waals surface area contributed by atoms with Crippen molar-refractivity contribution in [3.8, 4) is 0 Å². The number of benzene rings is 4. The number of carbonyl (C=O) groups excluding carboxylic acids is 2. The van der Waals surface area contributed by atoms with Crippen LogP contribution in [0.5, 0.6) is 0 Å². The van der Waals surface area contributed by atoms with Crippen molar-refractivity contribution in [2.75, 3.05) is 26.7 Å². The molecule has 4 aromatic carbocycles. The van der Waals surface area contributed by atoms with Crippen molar-refractivity contribution in [3.05, 3.63) is 143 Å². The van der Waals surface area contributed by atoms with E-state index in [1.807, 2.05) is 91.0 Å². The van der Waals surface area contributed by atoms with Crippen LogP contribution >= 0.6 is 0 Å². The largest absolute Gasteiger partial charge is 1.00 e. The average molecular weight is 645 g/mol. The Morgan fingerprint density at radius 2 is 1.28 bits per heavy atom. The Labute approximate surface area is 264 Å². The predicted octanol–water partition coefficient (Wildman–Crippen LogP) is 2.68. The van der Waals surface area contributed by atoms with E-state index in [9.17, 15) is 14.7 Å². The zero-order chi connectivity index (χ0) is 29.4. The first kappa shape index (κ1) is 32.1. The van der Waals surface area contributed by atoms with Gasteiger partial charge in [0.15, 0.2) is 0 Å². The molecule has 1 fully saturated rings. The summed E-state index contributed by atoms with van der Waals surface area (Å²) in [7, 11) is 2.23. The number of nitrogens with zero attached hydrogens (tertiary/aromatic N) is 1. The van der Waals surface area contributed by atoms with Gasteiger partial charge in [-0.15, -0.1) is 0 Å². The summed E-state index contributed by atoms with van der Waals surface area (Å²) in [5.41, 5.74) is 1.79. The van der Waals surface area contributed by atoms with Gasteiger partial charge in [0.1, 0.15) is 12.7 Å². The van der Waals surface area contributed by atoms with Gasteiger partial charge < -0.3 is 36.0 Å². The number of piperidine rings is 1. The molecule has 7 heteroatoms. The van der Waals surface area contributed by atoms with Crippen LogP contribution in [-0.2, 0) is 32.9 Å². The number of rotatable bonds is 10. The summed E-state index contributed by atoms with van der Waals surface area (Å²) in [4.78, 5) is 25.9. The number of likely N-dealkylation sites (N-methyl/N-ethyl adjacent to an activating group) is 1. The van der Waals surface area contributed by atoms with Crippen molar-refractivity contribution >= 4 is 11.9 Å². The molecule has 1 N–H and O–H groups in total. The lowest BCUT2D eigenvalue weighted by Gasteiger charge is -2.41. The molecule has 0 aromatic heterocycles. The topological polar surface area (TPSA) is 72.8 Å². The summed E-state index contributed by atoms with van der Waals surface area (Å²) in [6, 6.07) is 35.3. The van der Waals surface area contributed by atoms with Crippen molar-refractivity contribution in [1.29, 1.82) is 0 Å². The van der Waals surface area contributed by atoms with Crippen molar-refractivity contribution in [3.63, 3.8) is 0 Å². The molecule has 43 heavy (non-hydrogen) atoms. The highest BCUT2D eigenvalue weighted by atomic mass is 79.9. The summed E-state index contributed by atoms with van der Waals surface area (Å²) in [5.74, 6) is -0.962. The van der Waals surface area contributed by atoms with Crippen LogP contribution in [0.1, 0.15) is 45.5 Å². The molecule has 1 aliphatic heterocycles. The molecule has 1 heterocycles. The summed E-state index contributed by atoms with van der Waals surface area (Å²) in [6.07, 6.45) is 2.09. The standard InChI is InChI=1S/C36H38NO5.BrH/c1-37(24-21-28-17-19-30(20-18-28)34(38)41-27-29-11-5-2-6-12-29)25-22-33(23-26-37)42-35(39)36(40,31-13-7-3-8-14-31)32-15-9-4-10-16-32;/h2-20,33,40H,21-27H2,1H3;1H/q+1;/p-1. The lowest BCUT2D eigenvalue weighted by atomic mass is 9.86. The third-order valence-corrected chi connectivity index (χ3v) is 8.28. The van der Waals surface area contributed by atoms with Gasteiger partial charge in [0.25, 0.3) is 0 Å². The molecule has 5 rings (SSSR count). The Kier molecular flexibility index (Phi) is 10.9. The molecule has 0 radical (unpaired) electrons. The lowest BCUT2D eigenvalue weighted by molar-refractivity contribution is -0.914. The number of hydrogen-bond donors (Lipinski definition) is 1. The number of likely N-dealkylation sites (tertiary alicyclic amines) is 1. The lowest BCUT2D eigenvalue weighted by Crippen LogP contribution is -3.00. The molecular weight excluding hydrogens is 606 g/mol. The first-order valence-electron chi connectivity index (χ1n) is 14.5. The Hall–Kier alpha value is -3.78. The van der Waals surface area contributed by atoms with Gasteiger partial charge in [-0.05, 0) is 34.4 Å². The predicted molar refractivity (Wildman–Crippen MR) is 161 cm³/mol. The first-order valence-corrected chi connectivity index (χ1v) is 14.5. The van der Waals surface area contributed by atoms with Gasteiger partial charge in [-0.3, -0.25) is 0 Å². The molecule has 224 valence electrons. The van der Waals surface area contributed by atoms with Crippen molar-refractivity contribution < 1.29 is 45.6 Å². The second-order valence-corrected chi connectivity index (χ2v) is 11.3. The molecule has 0 aliphatic carbocycles. The van der Waals surface area contributed by atoms with Gasteiger partial charge in [0.05, 0.1) is 32.2 Å². The number of esters is 2. The van der Waals surface area contributed by atoms with Gasteiger partial charge >= 0.3 is 11.9 Å². The van der Waals surface area contributed by atoms with E-state index in [0.29, 0.717) is 16.7 Å². The van der Waals surface area contributed by atoms with Gasteiger partial charge in [-0.25, -0.2) is 9.59 Å². The van der Waals surface area contributed by atoms with Crippen LogP contribution in [0.25, 0.3) is 0 Å². The number of carbonyl (C=O) groups is 2. The van der Waals surface area contributed by atoms with E-state index in [0.717, 1.165) is 48.9 Å². The summed E-state index contributed by atoms with van der Waals surface area (Å²) < 4.78 is 12.3. The van der Waals surface area contributed by atoms with E-state index in [-0.39, 0.29) is 35.7 Å². The van der Waals surface area contributed by atoms with Crippen molar-refractivity contribution in [2.24, 2.45) is 0 Å². The summed E-state index contributed by atoms with van der Waals surface area (Å²) in [6.45, 7) is 2.94. The van der Waals surface area contributed by atoms with E-state index >= 15 is 0 Å². The molecular formula is C36H38BrNO5. The molecule has 1 aliphatic rings. The normalized spacial score (nSPS) is 18.2. The Morgan fingerprint density at radius 3 is 1.81 bits per heavy atom. The average Bonchev–Trinajstić information content (AvgIpc) is 3.05. The van der Waals surface area contributed by atoms with Crippen molar-refractivity contribution in [1.82, 2.24) is 0 Å². The fourth-order valence-corrected chi connectivity index (χ4v) is 5.52. The molecule has 0 atom stereocenters. The van der Waals surface area contributed by atoms with Crippen LogP contribution in [0.4, 0.5) is 0 Å². The molecule has 6 nitrogen and oxygen atoms in total. The zero-order valence-corrected chi connectivity index (χ0v) is 26.0. The fourth-order valence-electron chi connectivity index (χ4n) is 5.52. The zero-order valence-electron chi connectivity index (χ0n) is 24.4. The SMILES string of the molecule is C[N+]1(CCc2ccc(C(=O)OCc3ccccc3)cc2)CCC(OC(=O)C(O)(c2ccccc2)c2ccccc2)CC1.[Br-]. The Bertz CT molecular complexity index is 1410. The van der Waals surface area contributed by atoms with Gasteiger partial charge in [-0.1, -0.05) is 103 Å². The van der Waals surface area contributed by atoms with Crippen LogP contribution in [0.15, 0.2) is 115 Å². The van der Waals surface area contributed by atoms with Crippen LogP contribution in [0.3, 0.4) is 0 Å². The smallest absolute Gasteiger partial charge is 0.347 e. The van der Waals surface area contributed by atoms with Crippen LogP contribution in [0, 0.1) is 0 Å². The number of halogens is 1. The minimum atomic E-state index is -1.86. The number of aliphatic hydroxyl groups is 1. The third kappa shape index (κ3) is 7.99. The van der Waals surface area contributed by atoms with Gasteiger partial charge in [0, 0.05) is 19.3 Å². The van der Waals surface area contributed by atoms with Crippen LogP contribution in [-0.4, -0.2) is 54.3 Å². The highest BCUT2D eigenvalue weighted by Crippen LogP contribution is 2.32. The monoisotopic (exact) mass is 643 g/mol. The second kappa shape index (κ2) is 14.6. The quantitative estimate of drug-likeness (QED) is 0.213. The molecule has 0 unspecified atom stereocenters. The Balaban J connectivity index is 0.00000423. The van der Waals surface area contributed by atoms with Crippen LogP contribution < -0.4 is 17.0 Å². The van der Waals surface area contributed by atoms with Gasteiger partial charge in [-0.2, -0.15) is 0 Å². The van der Waals surface area contributed by atoms with Crippen LogP contribution in [0.2, 0.25) is 0 Å². The minimum Gasteiger partial charge on any atom is -1.00 e. The van der Waals surface area contributed by atoms with E-state index < -0.39 is 11.6 Å². The van der Waals surface area contributed by atoms with E-state index in [2.05, 4.69) is 7.05 Å². The summed E-state index contributed by atoms with van der Waals surface area (Å²) >= 11 is 0. The molecule has 4 aromatic rings. The second-order valence-electron chi connectivity index (χ2n) is 11.3. The van der Waals surface area contributed by atoms with E-state index in [4.69, 9.17) is 9.47 Å².